The van der Waals surface area contributed by atoms with Gasteiger partial charge in [-0.15, -0.1) is 0 Å². The second kappa shape index (κ2) is 18.1. The molecule has 0 fully saturated rings. The Hall–Kier alpha value is -4.19. The number of carbonyl (C=O) groups is 5. The largest absolute Gasteiger partial charge is 0.480 e. The summed E-state index contributed by atoms with van der Waals surface area (Å²) in [5.74, 6) is -4.92. The average Bonchev–Trinajstić information content (AvgIpc) is 2.83. The Morgan fingerprint density at radius 2 is 1.11 bits per heavy atom. The molecule has 0 aromatic heterocycles. The van der Waals surface area contributed by atoms with Crippen LogP contribution in [-0.2, 0) is 24.0 Å². The van der Waals surface area contributed by atoms with Gasteiger partial charge < -0.3 is 60.6 Å². The SMILES string of the molecule is NC(=O)CC[C@H](N)C(=O)N[C@@H](CCCN=C(N)N)C(=O)N[C@@H](CCCN=C(N)N)C(=O)N[C@@H](CO)C(=O)O. The lowest BCUT2D eigenvalue weighted by Crippen LogP contribution is -2.57. The summed E-state index contributed by atoms with van der Waals surface area (Å²) in [6.45, 7) is -0.644. The number of nitrogens with zero attached hydrogens (tertiary/aromatic N) is 2. The molecular formula is C20H39N11O7. The zero-order chi connectivity index (χ0) is 29.3. The van der Waals surface area contributed by atoms with Gasteiger partial charge in [0.05, 0.1) is 12.6 Å². The monoisotopic (exact) mass is 545 g/mol. The van der Waals surface area contributed by atoms with E-state index < -0.39 is 60.4 Å². The summed E-state index contributed by atoms with van der Waals surface area (Å²) >= 11 is 0. The van der Waals surface area contributed by atoms with Crippen molar-refractivity contribution in [2.45, 2.75) is 62.7 Å². The highest BCUT2D eigenvalue weighted by atomic mass is 16.4. The predicted molar refractivity (Wildman–Crippen MR) is 137 cm³/mol. The number of carboxylic acids is 1. The Labute approximate surface area is 219 Å². The van der Waals surface area contributed by atoms with Crippen LogP contribution in [0.2, 0.25) is 0 Å². The highest BCUT2D eigenvalue weighted by Crippen LogP contribution is 2.05. The third-order valence-corrected chi connectivity index (χ3v) is 4.99. The van der Waals surface area contributed by atoms with E-state index in [1.165, 1.54) is 0 Å². The molecule has 216 valence electrons. The van der Waals surface area contributed by atoms with Crippen molar-refractivity contribution in [3.8, 4) is 0 Å². The van der Waals surface area contributed by atoms with Gasteiger partial charge in [0.2, 0.25) is 23.6 Å². The smallest absolute Gasteiger partial charge is 0.328 e. The zero-order valence-corrected chi connectivity index (χ0v) is 21.0. The number of amides is 4. The molecule has 0 aromatic carbocycles. The number of rotatable bonds is 19. The quantitative estimate of drug-likeness (QED) is 0.0410. The van der Waals surface area contributed by atoms with Crippen LogP contribution in [0.3, 0.4) is 0 Å². The van der Waals surface area contributed by atoms with Crippen LogP contribution in [-0.4, -0.2) is 95.6 Å². The lowest BCUT2D eigenvalue weighted by molar-refractivity contribution is -0.143. The highest BCUT2D eigenvalue weighted by molar-refractivity contribution is 5.94. The van der Waals surface area contributed by atoms with Crippen molar-refractivity contribution in [3.63, 3.8) is 0 Å². The number of carboxylic acid groups (broad SMARTS) is 1. The molecule has 0 bridgehead atoms. The number of primary amides is 1. The van der Waals surface area contributed by atoms with E-state index in [-0.39, 0.29) is 63.5 Å². The Morgan fingerprint density at radius 1 is 0.684 bits per heavy atom. The standard InChI is InChI=1S/C20H39N11O7/c21-10(5-6-14(22)33)15(34)29-11(3-1-7-27-19(23)24)16(35)30-12(4-2-8-28-20(25)26)17(36)31-13(9-32)18(37)38/h10-13,32H,1-9,21H2,(H2,22,33)(H,29,34)(H,30,35)(H,31,36)(H,37,38)(H4,23,24,27)(H4,25,26,28)/t10-,11-,12-,13-/m0/s1. The topological polar surface area (TPSA) is 343 Å². The van der Waals surface area contributed by atoms with E-state index in [1.807, 2.05) is 0 Å². The first kappa shape index (κ1) is 33.8. The third kappa shape index (κ3) is 15.0. The number of aliphatic imine (C=N–C) groups is 2. The molecule has 0 saturated heterocycles. The minimum Gasteiger partial charge on any atom is -0.480 e. The lowest BCUT2D eigenvalue weighted by Gasteiger charge is -2.25. The number of hydrogen-bond acceptors (Lipinski definition) is 9. The van der Waals surface area contributed by atoms with Crippen molar-refractivity contribution in [1.29, 1.82) is 0 Å². The molecule has 0 saturated carbocycles. The van der Waals surface area contributed by atoms with Crippen molar-refractivity contribution in [2.24, 2.45) is 44.4 Å². The minimum atomic E-state index is -1.61. The molecule has 4 amide bonds. The maximum absolute atomic E-state index is 13.1. The number of hydrogen-bond donors (Lipinski definition) is 11. The molecule has 0 rings (SSSR count). The van der Waals surface area contributed by atoms with Crippen LogP contribution in [0, 0.1) is 0 Å². The van der Waals surface area contributed by atoms with Crippen LogP contribution in [0.4, 0.5) is 0 Å². The first-order valence-corrected chi connectivity index (χ1v) is 11.7. The molecule has 0 aliphatic rings. The van der Waals surface area contributed by atoms with Crippen LogP contribution in [0.5, 0.6) is 0 Å². The first-order chi connectivity index (χ1) is 17.8. The van der Waals surface area contributed by atoms with Crippen molar-refractivity contribution in [2.75, 3.05) is 19.7 Å². The average molecular weight is 546 g/mol. The van der Waals surface area contributed by atoms with Gasteiger partial charge in [-0.1, -0.05) is 0 Å². The molecular weight excluding hydrogens is 506 g/mol. The fraction of sp³-hybridized carbons (Fsp3) is 0.650. The Kier molecular flexibility index (Phi) is 16.1. The number of guanidine groups is 2. The van der Waals surface area contributed by atoms with Gasteiger partial charge in [-0.05, 0) is 32.1 Å². The maximum atomic E-state index is 13.1. The molecule has 18 heteroatoms. The fourth-order valence-electron chi connectivity index (χ4n) is 2.98. The summed E-state index contributed by atoms with van der Waals surface area (Å²) in [6, 6.07) is -5.23. The Bertz CT molecular complexity index is 873. The number of nitrogens with two attached hydrogens (primary N) is 6. The molecule has 0 aliphatic heterocycles. The minimum absolute atomic E-state index is 0.0150. The molecule has 0 unspecified atom stereocenters. The molecule has 0 radical (unpaired) electrons. The van der Waals surface area contributed by atoms with E-state index in [1.54, 1.807) is 0 Å². The van der Waals surface area contributed by atoms with Gasteiger partial charge in [0.1, 0.15) is 18.1 Å². The Morgan fingerprint density at radius 3 is 1.47 bits per heavy atom. The lowest BCUT2D eigenvalue weighted by atomic mass is 10.1. The van der Waals surface area contributed by atoms with Gasteiger partial charge in [0.25, 0.3) is 0 Å². The fourth-order valence-corrected chi connectivity index (χ4v) is 2.98. The zero-order valence-electron chi connectivity index (χ0n) is 21.0. The van der Waals surface area contributed by atoms with Gasteiger partial charge in [-0.3, -0.25) is 29.2 Å². The summed E-state index contributed by atoms with van der Waals surface area (Å²) in [6.07, 6.45) is 0.277. The maximum Gasteiger partial charge on any atom is 0.328 e. The van der Waals surface area contributed by atoms with Crippen LogP contribution in [0.1, 0.15) is 38.5 Å². The van der Waals surface area contributed by atoms with Crippen molar-refractivity contribution in [3.05, 3.63) is 0 Å². The van der Waals surface area contributed by atoms with E-state index in [2.05, 4.69) is 25.9 Å². The second-order valence-corrected chi connectivity index (χ2v) is 8.21. The van der Waals surface area contributed by atoms with E-state index in [0.29, 0.717) is 0 Å². The first-order valence-electron chi connectivity index (χ1n) is 11.7. The van der Waals surface area contributed by atoms with E-state index in [0.717, 1.165) is 0 Å². The molecule has 4 atom stereocenters. The molecule has 0 aromatic rings. The second-order valence-electron chi connectivity index (χ2n) is 8.21. The summed E-state index contributed by atoms with van der Waals surface area (Å²) in [5, 5.41) is 25.4. The summed E-state index contributed by atoms with van der Waals surface area (Å²) < 4.78 is 0. The number of carbonyl (C=O) groups excluding carboxylic acids is 4. The number of aliphatic hydroxyl groups is 1. The van der Waals surface area contributed by atoms with Gasteiger partial charge >= 0.3 is 5.97 Å². The van der Waals surface area contributed by atoms with Gasteiger partial charge in [0, 0.05) is 19.5 Å². The Balaban J connectivity index is 5.65. The van der Waals surface area contributed by atoms with Crippen LogP contribution in [0.25, 0.3) is 0 Å². The predicted octanol–water partition coefficient (Wildman–Crippen LogP) is -5.78. The van der Waals surface area contributed by atoms with Crippen molar-refractivity contribution >= 4 is 41.5 Å². The van der Waals surface area contributed by atoms with Crippen LogP contribution < -0.4 is 50.4 Å². The van der Waals surface area contributed by atoms with E-state index in [4.69, 9.17) is 39.5 Å². The number of aliphatic carboxylic acids is 1. The van der Waals surface area contributed by atoms with Crippen LogP contribution in [0.15, 0.2) is 9.98 Å². The molecule has 17 N–H and O–H groups in total. The number of nitrogens with one attached hydrogen (secondary N) is 3. The number of aliphatic hydroxyl groups excluding tert-OH is 1. The van der Waals surface area contributed by atoms with Crippen molar-refractivity contribution in [1.82, 2.24) is 16.0 Å². The molecule has 0 spiro atoms. The van der Waals surface area contributed by atoms with Crippen LogP contribution >= 0.6 is 0 Å². The highest BCUT2D eigenvalue weighted by Gasteiger charge is 2.30. The van der Waals surface area contributed by atoms with Gasteiger partial charge in [-0.25, -0.2) is 4.79 Å². The van der Waals surface area contributed by atoms with Crippen molar-refractivity contribution < 1.29 is 34.2 Å². The molecule has 18 nitrogen and oxygen atoms in total. The molecule has 0 aliphatic carbocycles. The normalized spacial score (nSPS) is 13.6. The summed E-state index contributed by atoms with van der Waals surface area (Å²) in [5.41, 5.74) is 32.0. The van der Waals surface area contributed by atoms with E-state index in [9.17, 15) is 29.1 Å². The summed E-state index contributed by atoms with van der Waals surface area (Å²) in [4.78, 5) is 68.1. The summed E-state index contributed by atoms with van der Waals surface area (Å²) in [7, 11) is 0. The van der Waals surface area contributed by atoms with E-state index >= 15 is 0 Å². The molecule has 0 heterocycles. The molecule has 38 heavy (non-hydrogen) atoms. The third-order valence-electron chi connectivity index (χ3n) is 4.99. The van der Waals surface area contributed by atoms with Gasteiger partial charge in [-0.2, -0.15) is 0 Å². The van der Waals surface area contributed by atoms with Gasteiger partial charge in [0.15, 0.2) is 11.9 Å².